The zero-order chi connectivity index (χ0) is 16.8. The van der Waals surface area contributed by atoms with Gasteiger partial charge in [0.1, 0.15) is 0 Å². The molecule has 1 aromatic carbocycles. The Morgan fingerprint density at radius 1 is 1.08 bits per heavy atom. The number of rotatable bonds is 2. The molecule has 0 bridgehead atoms. The zero-order valence-electron chi connectivity index (χ0n) is 14.3. The Hall–Kier alpha value is -2.04. The molecule has 0 radical (unpaired) electrons. The molecule has 1 aromatic rings. The van der Waals surface area contributed by atoms with Crippen LogP contribution in [-0.4, -0.2) is 54.0 Å². The van der Waals surface area contributed by atoms with Gasteiger partial charge in [-0.3, -0.25) is 4.79 Å². The van der Waals surface area contributed by atoms with E-state index in [0.717, 1.165) is 31.2 Å². The van der Waals surface area contributed by atoms with Gasteiger partial charge in [-0.05, 0) is 18.4 Å². The molecular weight excluding hydrogens is 302 g/mol. The van der Waals surface area contributed by atoms with Crippen molar-refractivity contribution in [2.45, 2.75) is 43.1 Å². The van der Waals surface area contributed by atoms with Gasteiger partial charge in [-0.15, -0.1) is 0 Å². The fourth-order valence-corrected chi connectivity index (χ4v) is 4.67. The second-order valence-electron chi connectivity index (χ2n) is 7.61. The number of hydrogen-bond donors (Lipinski definition) is 1. The standard InChI is InChI=1S/C19H25N3O2/c1-21-17(24)20-12-18(21)13-22(14-18)16(23)19(10-6-3-7-11-19)15-8-4-2-5-9-15/h2,4-5,8-9H,3,6-7,10-14H2,1H3,(H,20,24). The highest BCUT2D eigenvalue weighted by Crippen LogP contribution is 2.43. The molecule has 0 aromatic heterocycles. The number of nitrogens with one attached hydrogen (secondary N) is 1. The lowest BCUT2D eigenvalue weighted by Crippen LogP contribution is -2.72. The number of carbonyl (C=O) groups excluding carboxylic acids is 2. The first-order valence-electron chi connectivity index (χ1n) is 8.94. The monoisotopic (exact) mass is 327 g/mol. The van der Waals surface area contributed by atoms with E-state index >= 15 is 0 Å². The molecule has 0 unspecified atom stereocenters. The van der Waals surface area contributed by atoms with Crippen LogP contribution < -0.4 is 5.32 Å². The van der Waals surface area contributed by atoms with Crippen LogP contribution in [0, 0.1) is 0 Å². The van der Waals surface area contributed by atoms with E-state index in [1.54, 1.807) is 4.90 Å². The van der Waals surface area contributed by atoms with Gasteiger partial charge in [-0.25, -0.2) is 4.79 Å². The first-order valence-corrected chi connectivity index (χ1v) is 8.94. The minimum atomic E-state index is -0.365. The largest absolute Gasteiger partial charge is 0.337 e. The Labute approximate surface area is 143 Å². The average molecular weight is 327 g/mol. The van der Waals surface area contributed by atoms with Crippen LogP contribution >= 0.6 is 0 Å². The van der Waals surface area contributed by atoms with Gasteiger partial charge in [-0.1, -0.05) is 49.6 Å². The van der Waals surface area contributed by atoms with E-state index in [4.69, 9.17) is 0 Å². The van der Waals surface area contributed by atoms with Crippen LogP contribution in [0.2, 0.25) is 0 Å². The molecule has 5 heteroatoms. The fourth-order valence-electron chi connectivity index (χ4n) is 4.67. The average Bonchev–Trinajstić information content (AvgIpc) is 2.90. The van der Waals surface area contributed by atoms with E-state index in [1.165, 1.54) is 6.42 Å². The van der Waals surface area contributed by atoms with E-state index in [9.17, 15) is 9.59 Å². The number of likely N-dealkylation sites (tertiary alicyclic amines) is 1. The smallest absolute Gasteiger partial charge is 0.317 e. The Morgan fingerprint density at radius 2 is 1.75 bits per heavy atom. The van der Waals surface area contributed by atoms with Gasteiger partial charge >= 0.3 is 6.03 Å². The molecule has 2 aliphatic heterocycles. The number of benzene rings is 1. The van der Waals surface area contributed by atoms with Crippen LogP contribution in [0.1, 0.15) is 37.7 Å². The topological polar surface area (TPSA) is 52.7 Å². The molecule has 2 heterocycles. The number of likely N-dealkylation sites (N-methyl/N-ethyl adjacent to an activating group) is 1. The van der Waals surface area contributed by atoms with Crippen LogP contribution in [-0.2, 0) is 10.2 Å². The third kappa shape index (κ3) is 2.14. The molecule has 3 amide bonds. The van der Waals surface area contributed by atoms with Crippen molar-refractivity contribution in [3.05, 3.63) is 35.9 Å². The Kier molecular flexibility index (Phi) is 3.55. The van der Waals surface area contributed by atoms with E-state index in [-0.39, 0.29) is 22.9 Å². The summed E-state index contributed by atoms with van der Waals surface area (Å²) in [7, 11) is 1.83. The normalized spacial score (nSPS) is 24.6. The van der Waals surface area contributed by atoms with Gasteiger partial charge in [0.2, 0.25) is 5.91 Å². The van der Waals surface area contributed by atoms with Crippen molar-refractivity contribution in [3.8, 4) is 0 Å². The predicted octanol–water partition coefficient (Wildman–Crippen LogP) is 2.12. The maximum Gasteiger partial charge on any atom is 0.317 e. The molecule has 4 rings (SSSR count). The molecule has 3 fully saturated rings. The fraction of sp³-hybridized carbons (Fsp3) is 0.579. The van der Waals surface area contributed by atoms with Crippen LogP contribution in [0.3, 0.4) is 0 Å². The van der Waals surface area contributed by atoms with Crippen molar-refractivity contribution in [3.63, 3.8) is 0 Å². The van der Waals surface area contributed by atoms with Crippen molar-refractivity contribution >= 4 is 11.9 Å². The van der Waals surface area contributed by atoms with Crippen molar-refractivity contribution in [1.29, 1.82) is 0 Å². The van der Waals surface area contributed by atoms with E-state index in [2.05, 4.69) is 17.4 Å². The third-order valence-corrected chi connectivity index (χ3v) is 6.29. The summed E-state index contributed by atoms with van der Waals surface area (Å²) in [5.41, 5.74) is 0.597. The molecule has 24 heavy (non-hydrogen) atoms. The van der Waals surface area contributed by atoms with Crippen molar-refractivity contribution in [2.24, 2.45) is 0 Å². The molecule has 128 valence electrons. The van der Waals surface area contributed by atoms with Crippen LogP contribution in [0.15, 0.2) is 30.3 Å². The molecule has 1 N–H and O–H groups in total. The summed E-state index contributed by atoms with van der Waals surface area (Å²) in [6.07, 6.45) is 5.31. The number of hydrogen-bond acceptors (Lipinski definition) is 2. The maximum absolute atomic E-state index is 13.4. The molecule has 2 saturated heterocycles. The van der Waals surface area contributed by atoms with Crippen molar-refractivity contribution in [1.82, 2.24) is 15.1 Å². The SMILES string of the molecule is CN1C(=O)NCC12CN(C(=O)C1(c3ccccc3)CCCCC1)C2. The van der Waals surface area contributed by atoms with Crippen LogP contribution in [0.5, 0.6) is 0 Å². The molecule has 5 nitrogen and oxygen atoms in total. The van der Waals surface area contributed by atoms with Gasteiger partial charge in [0.15, 0.2) is 0 Å². The molecule has 1 aliphatic carbocycles. The van der Waals surface area contributed by atoms with E-state index < -0.39 is 0 Å². The second-order valence-corrected chi connectivity index (χ2v) is 7.61. The summed E-state index contributed by atoms with van der Waals surface area (Å²) in [6.45, 7) is 1.94. The Balaban J connectivity index is 1.57. The second kappa shape index (κ2) is 5.50. The van der Waals surface area contributed by atoms with Gasteiger partial charge < -0.3 is 15.1 Å². The Morgan fingerprint density at radius 3 is 2.33 bits per heavy atom. The highest BCUT2D eigenvalue weighted by molar-refractivity contribution is 5.90. The van der Waals surface area contributed by atoms with Crippen LogP contribution in [0.4, 0.5) is 4.79 Å². The van der Waals surface area contributed by atoms with E-state index in [1.807, 2.05) is 30.1 Å². The lowest BCUT2D eigenvalue weighted by Gasteiger charge is -2.53. The number of amides is 3. The summed E-state index contributed by atoms with van der Waals surface area (Å²) in [5.74, 6) is 0.256. The summed E-state index contributed by atoms with van der Waals surface area (Å²) >= 11 is 0. The molecular formula is C19H25N3O2. The highest BCUT2D eigenvalue weighted by atomic mass is 16.2. The summed E-state index contributed by atoms with van der Waals surface area (Å²) in [4.78, 5) is 28.9. The van der Waals surface area contributed by atoms with Gasteiger partial charge in [0.05, 0.1) is 11.0 Å². The zero-order valence-corrected chi connectivity index (χ0v) is 14.3. The van der Waals surface area contributed by atoms with Gasteiger partial charge in [-0.2, -0.15) is 0 Å². The first-order chi connectivity index (χ1) is 11.6. The number of carbonyl (C=O) groups is 2. The molecule has 3 aliphatic rings. The number of nitrogens with zero attached hydrogens (tertiary/aromatic N) is 2. The van der Waals surface area contributed by atoms with Gasteiger partial charge in [0, 0.05) is 26.7 Å². The summed E-state index contributed by atoms with van der Waals surface area (Å²) in [5, 5.41) is 2.89. The van der Waals surface area contributed by atoms with Crippen LogP contribution in [0.25, 0.3) is 0 Å². The summed E-state index contributed by atoms with van der Waals surface area (Å²) in [6, 6.07) is 10.2. The Bertz CT molecular complexity index is 646. The predicted molar refractivity (Wildman–Crippen MR) is 91.7 cm³/mol. The lowest BCUT2D eigenvalue weighted by molar-refractivity contribution is -0.149. The quantitative estimate of drug-likeness (QED) is 0.905. The number of urea groups is 1. The minimum Gasteiger partial charge on any atom is -0.337 e. The van der Waals surface area contributed by atoms with Crippen molar-refractivity contribution < 1.29 is 9.59 Å². The van der Waals surface area contributed by atoms with Crippen molar-refractivity contribution in [2.75, 3.05) is 26.7 Å². The highest BCUT2D eigenvalue weighted by Gasteiger charge is 2.56. The summed E-state index contributed by atoms with van der Waals surface area (Å²) < 4.78 is 0. The molecule has 0 atom stereocenters. The van der Waals surface area contributed by atoms with Gasteiger partial charge in [0.25, 0.3) is 0 Å². The minimum absolute atomic E-state index is 0.0301. The molecule has 1 saturated carbocycles. The first kappa shape index (κ1) is 15.5. The van der Waals surface area contributed by atoms with E-state index in [0.29, 0.717) is 19.6 Å². The molecule has 1 spiro atoms. The lowest BCUT2D eigenvalue weighted by atomic mass is 9.67. The maximum atomic E-state index is 13.4. The third-order valence-electron chi connectivity index (χ3n) is 6.29.